The highest BCUT2D eigenvalue weighted by atomic mass is 16.5. The van der Waals surface area contributed by atoms with Crippen molar-refractivity contribution >= 4 is 5.91 Å². The molecule has 190 valence electrons. The van der Waals surface area contributed by atoms with Gasteiger partial charge in [0.25, 0.3) is 0 Å². The summed E-state index contributed by atoms with van der Waals surface area (Å²) in [6.07, 6.45) is 5.52. The monoisotopic (exact) mass is 488 g/mol. The van der Waals surface area contributed by atoms with E-state index in [1.165, 1.54) is 18.4 Å². The van der Waals surface area contributed by atoms with Crippen molar-refractivity contribution in [2.45, 2.75) is 57.8 Å². The van der Waals surface area contributed by atoms with Crippen LogP contribution in [0.1, 0.15) is 32.3 Å². The average molecular weight is 489 g/mol. The summed E-state index contributed by atoms with van der Waals surface area (Å²) in [5, 5.41) is 2.98. The standard InChI is InChI=1S/C29H36N4O3/c1-20(2)30-28(34)17-32-16-27(31-29(32)23-5-4-6-26(15-23)35-3)22-9-7-21(8-10-22)13-14-33-24-11-12-25(33)19-36-18-24/h4-10,15-16,20,24-25H,11-14,17-19H2,1-3H3,(H,30,34). The molecule has 36 heavy (non-hydrogen) atoms. The number of hydrogen-bond acceptors (Lipinski definition) is 5. The Labute approximate surface area is 213 Å². The molecule has 2 saturated heterocycles. The Hall–Kier alpha value is -3.16. The molecule has 1 aromatic heterocycles. The van der Waals surface area contributed by atoms with Crippen LogP contribution >= 0.6 is 0 Å². The molecule has 2 aliphatic rings. The van der Waals surface area contributed by atoms with E-state index in [0.29, 0.717) is 12.1 Å². The number of aromatic nitrogens is 2. The SMILES string of the molecule is COc1cccc(-c2nc(-c3ccc(CCN4C5CCC4COC5)cc3)cn2CC(=O)NC(C)C)c1. The van der Waals surface area contributed by atoms with E-state index in [4.69, 9.17) is 14.5 Å². The molecule has 2 fully saturated rings. The second-order valence-electron chi connectivity index (χ2n) is 10.1. The maximum Gasteiger partial charge on any atom is 0.240 e. The van der Waals surface area contributed by atoms with Gasteiger partial charge in [0.05, 0.1) is 26.0 Å². The molecule has 3 heterocycles. The summed E-state index contributed by atoms with van der Waals surface area (Å²) in [5.41, 5.74) is 4.13. The Balaban J connectivity index is 1.35. The highest BCUT2D eigenvalue weighted by molar-refractivity contribution is 5.77. The van der Waals surface area contributed by atoms with Crippen molar-refractivity contribution < 1.29 is 14.3 Å². The van der Waals surface area contributed by atoms with Crippen LogP contribution in [0, 0.1) is 0 Å². The predicted octanol–water partition coefficient (Wildman–Crippen LogP) is 4.16. The molecular weight excluding hydrogens is 452 g/mol. The lowest BCUT2D eigenvalue weighted by atomic mass is 10.1. The number of nitrogens with one attached hydrogen (secondary N) is 1. The lowest BCUT2D eigenvalue weighted by Crippen LogP contribution is -2.46. The summed E-state index contributed by atoms with van der Waals surface area (Å²) in [6.45, 7) is 6.97. The third kappa shape index (κ3) is 5.47. The molecule has 2 aliphatic heterocycles. The number of benzene rings is 2. The molecule has 0 aliphatic carbocycles. The minimum atomic E-state index is -0.0366. The largest absolute Gasteiger partial charge is 0.497 e. The second kappa shape index (κ2) is 10.8. The Morgan fingerprint density at radius 1 is 1.11 bits per heavy atom. The number of imidazole rings is 1. The minimum Gasteiger partial charge on any atom is -0.497 e. The normalized spacial score (nSPS) is 19.6. The van der Waals surface area contributed by atoms with Gasteiger partial charge in [-0.05, 0) is 50.8 Å². The maximum atomic E-state index is 12.6. The zero-order valence-electron chi connectivity index (χ0n) is 21.4. The number of nitrogens with zero attached hydrogens (tertiary/aromatic N) is 3. The number of amides is 1. The topological polar surface area (TPSA) is 68.6 Å². The van der Waals surface area contributed by atoms with Crippen LogP contribution in [0.15, 0.2) is 54.7 Å². The molecule has 2 unspecified atom stereocenters. The zero-order valence-corrected chi connectivity index (χ0v) is 21.4. The Bertz CT molecular complexity index is 1170. The third-order valence-corrected chi connectivity index (χ3v) is 7.17. The van der Waals surface area contributed by atoms with Crippen molar-refractivity contribution in [3.63, 3.8) is 0 Å². The van der Waals surface area contributed by atoms with Crippen LogP contribution in [0.25, 0.3) is 22.6 Å². The minimum absolute atomic E-state index is 0.0366. The number of rotatable bonds is 9. The van der Waals surface area contributed by atoms with Gasteiger partial charge in [-0.15, -0.1) is 0 Å². The lowest BCUT2D eigenvalue weighted by molar-refractivity contribution is -0.122. The van der Waals surface area contributed by atoms with Gasteiger partial charge in [0.15, 0.2) is 0 Å². The fraction of sp³-hybridized carbons (Fsp3) is 0.448. The van der Waals surface area contributed by atoms with Crippen molar-refractivity contribution in [1.82, 2.24) is 19.8 Å². The maximum absolute atomic E-state index is 12.6. The smallest absolute Gasteiger partial charge is 0.240 e. The number of methoxy groups -OCH3 is 1. The fourth-order valence-corrected chi connectivity index (χ4v) is 5.37. The van der Waals surface area contributed by atoms with Gasteiger partial charge < -0.3 is 19.4 Å². The first-order valence-corrected chi connectivity index (χ1v) is 12.9. The molecule has 3 aromatic rings. The summed E-state index contributed by atoms with van der Waals surface area (Å²) in [4.78, 5) is 20.2. The number of ether oxygens (including phenoxy) is 2. The summed E-state index contributed by atoms with van der Waals surface area (Å²) in [7, 11) is 1.65. The van der Waals surface area contributed by atoms with Gasteiger partial charge >= 0.3 is 0 Å². The predicted molar refractivity (Wildman–Crippen MR) is 141 cm³/mol. The quantitative estimate of drug-likeness (QED) is 0.490. The van der Waals surface area contributed by atoms with Crippen LogP contribution in [-0.2, 0) is 22.5 Å². The van der Waals surface area contributed by atoms with E-state index in [-0.39, 0.29) is 18.5 Å². The Kier molecular flexibility index (Phi) is 7.39. The molecule has 1 amide bonds. The van der Waals surface area contributed by atoms with Crippen LogP contribution < -0.4 is 10.1 Å². The van der Waals surface area contributed by atoms with Gasteiger partial charge in [0.1, 0.15) is 18.1 Å². The first kappa shape index (κ1) is 24.5. The van der Waals surface area contributed by atoms with E-state index >= 15 is 0 Å². The van der Waals surface area contributed by atoms with Gasteiger partial charge in [0, 0.05) is 42.0 Å². The Morgan fingerprint density at radius 3 is 2.56 bits per heavy atom. The zero-order chi connectivity index (χ0) is 25.1. The molecule has 0 saturated carbocycles. The van der Waals surface area contributed by atoms with Gasteiger partial charge in [-0.2, -0.15) is 0 Å². The van der Waals surface area contributed by atoms with E-state index < -0.39 is 0 Å². The highest BCUT2D eigenvalue weighted by Crippen LogP contribution is 2.30. The van der Waals surface area contributed by atoms with E-state index in [1.54, 1.807) is 7.11 Å². The molecule has 2 aromatic carbocycles. The van der Waals surface area contributed by atoms with Crippen LogP contribution in [-0.4, -0.2) is 65.4 Å². The summed E-state index contributed by atoms with van der Waals surface area (Å²) >= 11 is 0. The Morgan fingerprint density at radius 2 is 1.86 bits per heavy atom. The van der Waals surface area contributed by atoms with E-state index in [9.17, 15) is 4.79 Å². The molecule has 2 bridgehead atoms. The van der Waals surface area contributed by atoms with Crippen molar-refractivity contribution in [3.05, 3.63) is 60.3 Å². The fourth-order valence-electron chi connectivity index (χ4n) is 5.37. The molecule has 0 spiro atoms. The molecule has 1 N–H and O–H groups in total. The first-order valence-electron chi connectivity index (χ1n) is 12.9. The molecule has 2 atom stereocenters. The first-order chi connectivity index (χ1) is 17.5. The molecule has 0 radical (unpaired) electrons. The van der Waals surface area contributed by atoms with Crippen LogP contribution in [0.4, 0.5) is 0 Å². The molecule has 7 nitrogen and oxygen atoms in total. The van der Waals surface area contributed by atoms with Crippen LogP contribution in [0.2, 0.25) is 0 Å². The number of morpholine rings is 1. The van der Waals surface area contributed by atoms with Crippen molar-refractivity contribution in [2.24, 2.45) is 0 Å². The molecule has 7 heteroatoms. The van der Waals surface area contributed by atoms with Gasteiger partial charge in [-0.25, -0.2) is 4.98 Å². The molecule has 5 rings (SSSR count). The molecular formula is C29H36N4O3. The summed E-state index contributed by atoms with van der Waals surface area (Å²) < 4.78 is 13.1. The van der Waals surface area contributed by atoms with Crippen LogP contribution in [0.5, 0.6) is 5.75 Å². The van der Waals surface area contributed by atoms with Crippen molar-refractivity contribution in [2.75, 3.05) is 26.9 Å². The van der Waals surface area contributed by atoms with Crippen molar-refractivity contribution in [3.8, 4) is 28.4 Å². The van der Waals surface area contributed by atoms with Crippen LogP contribution in [0.3, 0.4) is 0 Å². The summed E-state index contributed by atoms with van der Waals surface area (Å²) in [5.74, 6) is 1.47. The third-order valence-electron chi connectivity index (χ3n) is 7.17. The van der Waals surface area contributed by atoms with Gasteiger partial charge in [-0.3, -0.25) is 9.69 Å². The average Bonchev–Trinajstić information content (AvgIpc) is 3.38. The lowest BCUT2D eigenvalue weighted by Gasteiger charge is -2.34. The number of fused-ring (bicyclic) bond motifs is 2. The van der Waals surface area contributed by atoms with Crippen molar-refractivity contribution in [1.29, 1.82) is 0 Å². The van der Waals surface area contributed by atoms with Gasteiger partial charge in [-0.1, -0.05) is 36.4 Å². The number of carbonyl (C=O) groups excluding carboxylic acids is 1. The van der Waals surface area contributed by atoms with E-state index in [0.717, 1.165) is 54.6 Å². The second-order valence-corrected chi connectivity index (χ2v) is 10.1. The highest BCUT2D eigenvalue weighted by Gasteiger charge is 2.36. The van der Waals surface area contributed by atoms with E-state index in [1.807, 2.05) is 48.9 Å². The summed E-state index contributed by atoms with van der Waals surface area (Å²) in [6, 6.07) is 17.7. The van der Waals surface area contributed by atoms with E-state index in [2.05, 4.69) is 34.5 Å². The number of hydrogen-bond donors (Lipinski definition) is 1. The number of carbonyl (C=O) groups is 1. The van der Waals surface area contributed by atoms with Gasteiger partial charge in [0.2, 0.25) is 5.91 Å².